The summed E-state index contributed by atoms with van der Waals surface area (Å²) >= 11 is 0. The summed E-state index contributed by atoms with van der Waals surface area (Å²) in [6, 6.07) is 1.91. The zero-order valence-corrected chi connectivity index (χ0v) is 18.3. The highest BCUT2D eigenvalue weighted by Gasteiger charge is 2.63. The second kappa shape index (κ2) is 7.49. The molecule has 1 aromatic carbocycles. The normalized spacial score (nSPS) is 31.4. The van der Waals surface area contributed by atoms with Crippen molar-refractivity contribution >= 4 is 11.9 Å². The number of nitrogens with one attached hydrogen (secondary N) is 1. The van der Waals surface area contributed by atoms with Crippen LogP contribution in [0.3, 0.4) is 0 Å². The molecule has 4 bridgehead atoms. The lowest BCUT2D eigenvalue weighted by Crippen LogP contribution is -2.42. The number of aliphatic carboxylic acids is 1. The fourth-order valence-electron chi connectivity index (χ4n) is 6.64. The molecule has 0 heterocycles. The van der Waals surface area contributed by atoms with E-state index in [1.165, 1.54) is 31.7 Å². The largest absolute Gasteiger partial charge is 0.493 e. The fourth-order valence-corrected chi connectivity index (χ4v) is 6.64. The van der Waals surface area contributed by atoms with Crippen LogP contribution in [-0.4, -0.2) is 29.6 Å². The summed E-state index contributed by atoms with van der Waals surface area (Å²) in [7, 11) is 0. The lowest BCUT2D eigenvalue weighted by atomic mass is 9.82. The number of amides is 1. The monoisotopic (exact) mass is 429 g/mol. The first-order valence-electron chi connectivity index (χ1n) is 11.8. The maximum Gasteiger partial charge on any atom is 0.326 e. The van der Waals surface area contributed by atoms with Crippen LogP contribution in [0.4, 0.5) is 4.39 Å². The number of carboxylic acid groups (broad SMARTS) is 1. The van der Waals surface area contributed by atoms with Crippen LogP contribution in [0.2, 0.25) is 0 Å². The van der Waals surface area contributed by atoms with Gasteiger partial charge in [-0.15, -0.1) is 0 Å². The fraction of sp³-hybridized carbons (Fsp3) is 0.680. The van der Waals surface area contributed by atoms with E-state index in [1.54, 1.807) is 6.07 Å². The lowest BCUT2D eigenvalue weighted by molar-refractivity contribution is -0.139. The Kier molecular flexibility index (Phi) is 5.02. The Labute approximate surface area is 182 Å². The number of ether oxygens (including phenoxy) is 1. The number of rotatable bonds is 9. The number of hydrogen-bond acceptors (Lipinski definition) is 3. The van der Waals surface area contributed by atoms with Crippen LogP contribution in [0.15, 0.2) is 12.1 Å². The van der Waals surface area contributed by atoms with Crippen LogP contribution in [0, 0.1) is 34.9 Å². The molecule has 6 heteroatoms. The lowest BCUT2D eigenvalue weighted by Gasteiger charge is -2.29. The second-order valence-electron chi connectivity index (χ2n) is 10.9. The Morgan fingerprint density at radius 2 is 1.90 bits per heavy atom. The maximum atomic E-state index is 15.0. The topological polar surface area (TPSA) is 75.6 Å². The quantitative estimate of drug-likeness (QED) is 0.594. The zero-order valence-electron chi connectivity index (χ0n) is 18.3. The highest BCUT2D eigenvalue weighted by atomic mass is 19.1. The molecule has 1 aromatic rings. The molecule has 0 radical (unpaired) electrons. The highest BCUT2D eigenvalue weighted by molar-refractivity contribution is 5.97. The smallest absolute Gasteiger partial charge is 0.326 e. The van der Waals surface area contributed by atoms with Crippen molar-refractivity contribution in [1.82, 2.24) is 5.32 Å². The Morgan fingerprint density at radius 1 is 1.23 bits per heavy atom. The van der Waals surface area contributed by atoms with Crippen molar-refractivity contribution in [3.8, 4) is 5.75 Å². The predicted molar refractivity (Wildman–Crippen MR) is 114 cm³/mol. The third-order valence-corrected chi connectivity index (χ3v) is 8.23. The number of carbonyl (C=O) groups excluding carboxylic acids is 1. The molecule has 0 aliphatic heterocycles. The molecule has 2 unspecified atom stereocenters. The minimum Gasteiger partial charge on any atom is -0.493 e. The molecular formula is C25H32FNO4. The summed E-state index contributed by atoms with van der Waals surface area (Å²) in [6.07, 6.45) is 7.46. The van der Waals surface area contributed by atoms with E-state index in [0.717, 1.165) is 36.2 Å². The van der Waals surface area contributed by atoms with Gasteiger partial charge in [-0.05, 0) is 86.2 Å². The average Bonchev–Trinajstić information content (AvgIpc) is 3.10. The zero-order chi connectivity index (χ0) is 21.9. The number of benzene rings is 1. The van der Waals surface area contributed by atoms with Gasteiger partial charge in [0.15, 0.2) is 0 Å². The maximum absolute atomic E-state index is 15.0. The van der Waals surface area contributed by atoms with Crippen LogP contribution in [0.25, 0.3) is 0 Å². The van der Waals surface area contributed by atoms with E-state index in [0.29, 0.717) is 24.7 Å². The molecule has 5 aliphatic rings. The summed E-state index contributed by atoms with van der Waals surface area (Å²) in [5.41, 5.74) is 1.07. The molecule has 31 heavy (non-hydrogen) atoms. The van der Waals surface area contributed by atoms with Crippen LogP contribution < -0.4 is 10.1 Å². The van der Waals surface area contributed by atoms with E-state index in [2.05, 4.69) is 5.32 Å². The van der Waals surface area contributed by atoms with Crippen molar-refractivity contribution < 1.29 is 23.8 Å². The van der Waals surface area contributed by atoms with Gasteiger partial charge in [-0.2, -0.15) is 0 Å². The molecule has 1 amide bonds. The average molecular weight is 430 g/mol. The van der Waals surface area contributed by atoms with Gasteiger partial charge in [0.2, 0.25) is 0 Å². The van der Waals surface area contributed by atoms with Gasteiger partial charge in [0.25, 0.3) is 5.91 Å². The highest BCUT2D eigenvalue weighted by Crippen LogP contribution is 2.70. The van der Waals surface area contributed by atoms with E-state index in [4.69, 9.17) is 4.74 Å². The number of halogens is 1. The summed E-state index contributed by atoms with van der Waals surface area (Å²) in [6.45, 7) is 4.42. The van der Waals surface area contributed by atoms with Crippen LogP contribution in [-0.2, 0) is 4.79 Å². The van der Waals surface area contributed by atoms with Gasteiger partial charge in [0.05, 0.1) is 12.2 Å². The molecule has 6 rings (SSSR count). The summed E-state index contributed by atoms with van der Waals surface area (Å²) in [4.78, 5) is 24.2. The van der Waals surface area contributed by atoms with Gasteiger partial charge in [-0.25, -0.2) is 9.18 Å². The number of hydrogen-bond donors (Lipinski definition) is 2. The van der Waals surface area contributed by atoms with Gasteiger partial charge in [0, 0.05) is 11.5 Å². The van der Waals surface area contributed by atoms with Crippen molar-refractivity contribution in [2.45, 2.75) is 70.8 Å². The van der Waals surface area contributed by atoms with Gasteiger partial charge in [-0.3, -0.25) is 4.79 Å². The van der Waals surface area contributed by atoms with Crippen molar-refractivity contribution in [3.05, 3.63) is 29.1 Å². The van der Waals surface area contributed by atoms with Gasteiger partial charge in [-0.1, -0.05) is 13.8 Å². The third-order valence-electron chi connectivity index (χ3n) is 8.23. The first kappa shape index (κ1) is 20.8. The number of carbonyl (C=O) groups is 2. The molecule has 5 aliphatic carbocycles. The Balaban J connectivity index is 1.34. The van der Waals surface area contributed by atoms with Crippen LogP contribution in [0.1, 0.15) is 80.6 Å². The molecule has 2 N–H and O–H groups in total. The van der Waals surface area contributed by atoms with Crippen molar-refractivity contribution in [2.24, 2.45) is 29.1 Å². The first-order chi connectivity index (χ1) is 14.8. The third kappa shape index (κ3) is 3.72. The predicted octanol–water partition coefficient (Wildman–Crippen LogP) is 4.75. The van der Waals surface area contributed by atoms with E-state index >= 15 is 0 Å². The second-order valence-corrected chi connectivity index (χ2v) is 10.9. The van der Waals surface area contributed by atoms with Crippen molar-refractivity contribution in [2.75, 3.05) is 6.61 Å². The SMILES string of the molecule is CC(C)C[C@H](NC(=O)c1cc(C2CC2)c(OCC23CC4CC2CC4C3)cc1F)C(=O)O. The molecule has 0 spiro atoms. The summed E-state index contributed by atoms with van der Waals surface area (Å²) in [5.74, 6) is 1.02. The van der Waals surface area contributed by atoms with Crippen molar-refractivity contribution in [3.63, 3.8) is 0 Å². The molecular weight excluding hydrogens is 397 g/mol. The van der Waals surface area contributed by atoms with Gasteiger partial charge < -0.3 is 15.2 Å². The van der Waals surface area contributed by atoms with Crippen LogP contribution in [0.5, 0.6) is 5.75 Å². The first-order valence-corrected chi connectivity index (χ1v) is 11.8. The Hall–Kier alpha value is -2.11. The summed E-state index contributed by atoms with van der Waals surface area (Å²) in [5, 5.41) is 11.9. The van der Waals surface area contributed by atoms with Gasteiger partial charge >= 0.3 is 5.97 Å². The van der Waals surface area contributed by atoms with Gasteiger partial charge in [0.1, 0.15) is 17.6 Å². The molecule has 5 saturated carbocycles. The van der Waals surface area contributed by atoms with E-state index in [1.807, 2.05) is 13.8 Å². The van der Waals surface area contributed by atoms with Crippen molar-refractivity contribution in [1.29, 1.82) is 0 Å². The minimum absolute atomic E-state index is 0.0912. The van der Waals surface area contributed by atoms with E-state index < -0.39 is 23.7 Å². The molecule has 5 nitrogen and oxygen atoms in total. The van der Waals surface area contributed by atoms with Crippen LogP contribution >= 0.6 is 0 Å². The molecule has 3 atom stereocenters. The molecule has 5 fully saturated rings. The Morgan fingerprint density at radius 3 is 2.42 bits per heavy atom. The van der Waals surface area contributed by atoms with E-state index in [9.17, 15) is 19.1 Å². The summed E-state index contributed by atoms with van der Waals surface area (Å²) < 4.78 is 21.2. The standard InChI is InChI=1S/C25H32FNO4/c1-13(2)5-21(24(29)30)27-23(28)19-8-18(14-3-4-14)22(9-20(19)26)31-12-25-10-15-6-17(25)7-16(15)11-25/h8-9,13-17,21H,3-7,10-12H2,1-2H3,(H,27,28)(H,29,30)/t15?,16?,17?,21-,25?/m0/s1. The molecule has 168 valence electrons. The molecule has 0 aromatic heterocycles. The molecule has 0 saturated heterocycles. The van der Waals surface area contributed by atoms with E-state index in [-0.39, 0.29) is 16.9 Å². The number of carboxylic acids is 1. The Bertz CT molecular complexity index is 895. The minimum atomic E-state index is -1.10.